The minimum Gasteiger partial charge on any atom is -0.387 e. The first-order chi connectivity index (χ1) is 9.31. The summed E-state index contributed by atoms with van der Waals surface area (Å²) in [6.07, 6.45) is 1.81. The van der Waals surface area contributed by atoms with Crippen LogP contribution in [-0.2, 0) is 17.6 Å². The van der Waals surface area contributed by atoms with Gasteiger partial charge in [0.25, 0.3) is 5.91 Å². The van der Waals surface area contributed by atoms with Crippen molar-refractivity contribution in [2.45, 2.75) is 12.8 Å². The molecule has 0 unspecified atom stereocenters. The molecular weight excluding hydrogens is 238 g/mol. The van der Waals surface area contributed by atoms with E-state index >= 15 is 0 Å². The first-order valence-electron chi connectivity index (χ1n) is 6.41. The van der Waals surface area contributed by atoms with Crippen molar-refractivity contribution in [1.29, 1.82) is 0 Å². The lowest BCUT2D eigenvalue weighted by Crippen LogP contribution is -2.29. The zero-order chi connectivity index (χ0) is 13.2. The molecule has 3 rings (SSSR count). The van der Waals surface area contributed by atoms with Gasteiger partial charge in [-0.05, 0) is 36.1 Å². The number of anilines is 2. The van der Waals surface area contributed by atoms with Gasteiger partial charge in [-0.25, -0.2) is 0 Å². The van der Waals surface area contributed by atoms with Crippen molar-refractivity contribution in [3.8, 4) is 0 Å². The van der Waals surface area contributed by atoms with Gasteiger partial charge in [0.1, 0.15) is 6.61 Å². The zero-order valence-electron chi connectivity index (χ0n) is 10.5. The van der Waals surface area contributed by atoms with Crippen molar-refractivity contribution >= 4 is 17.3 Å². The summed E-state index contributed by atoms with van der Waals surface area (Å²) in [5.74, 6) is -0.290. The predicted molar refractivity (Wildman–Crippen MR) is 74.5 cm³/mol. The number of aryl methyl sites for hydroxylation is 2. The summed E-state index contributed by atoms with van der Waals surface area (Å²) in [5.41, 5.74) is 4.04. The predicted octanol–water partition coefficient (Wildman–Crippen LogP) is 2.44. The number of aliphatic hydroxyl groups is 1. The number of carbonyl (C=O) groups is 1. The molecular formula is C16H15NO2. The summed E-state index contributed by atoms with van der Waals surface area (Å²) in [6.45, 7) is -0.483. The van der Waals surface area contributed by atoms with Crippen LogP contribution in [0.3, 0.4) is 0 Å². The van der Waals surface area contributed by atoms with Crippen LogP contribution in [0, 0.1) is 0 Å². The van der Waals surface area contributed by atoms with Crippen molar-refractivity contribution in [2.75, 3.05) is 11.5 Å². The molecule has 0 fully saturated rings. The highest BCUT2D eigenvalue weighted by atomic mass is 16.3. The number of nitrogens with zero attached hydrogens (tertiary/aromatic N) is 1. The van der Waals surface area contributed by atoms with E-state index in [1.165, 1.54) is 0 Å². The highest BCUT2D eigenvalue weighted by molar-refractivity contribution is 6.02. The minimum atomic E-state index is -0.483. The Kier molecular flexibility index (Phi) is 3.05. The van der Waals surface area contributed by atoms with Crippen LogP contribution in [0.25, 0.3) is 0 Å². The second kappa shape index (κ2) is 4.86. The number of amides is 1. The number of benzene rings is 2. The third-order valence-corrected chi connectivity index (χ3v) is 3.51. The molecule has 0 bridgehead atoms. The maximum atomic E-state index is 12.1. The number of hydrogen-bond acceptors (Lipinski definition) is 2. The van der Waals surface area contributed by atoms with Crippen LogP contribution in [0.2, 0.25) is 0 Å². The van der Waals surface area contributed by atoms with E-state index in [-0.39, 0.29) is 5.91 Å². The van der Waals surface area contributed by atoms with E-state index in [9.17, 15) is 9.90 Å². The Morgan fingerprint density at radius 2 is 1.42 bits per heavy atom. The van der Waals surface area contributed by atoms with Gasteiger partial charge in [-0.3, -0.25) is 9.69 Å². The number of aliphatic hydroxyl groups excluding tert-OH is 1. The summed E-state index contributed by atoms with van der Waals surface area (Å²) < 4.78 is 0. The Morgan fingerprint density at radius 3 is 1.89 bits per heavy atom. The first-order valence-corrected chi connectivity index (χ1v) is 6.41. The van der Waals surface area contributed by atoms with Crippen LogP contribution in [0.4, 0.5) is 11.4 Å². The van der Waals surface area contributed by atoms with Crippen LogP contribution >= 0.6 is 0 Å². The van der Waals surface area contributed by atoms with Crippen molar-refractivity contribution in [1.82, 2.24) is 0 Å². The fraction of sp³-hybridized carbons (Fsp3) is 0.188. The molecule has 1 aliphatic heterocycles. The molecule has 2 aromatic rings. The van der Waals surface area contributed by atoms with Gasteiger partial charge in [0.15, 0.2) is 0 Å². The molecule has 0 atom stereocenters. The van der Waals surface area contributed by atoms with Crippen LogP contribution in [-0.4, -0.2) is 17.6 Å². The van der Waals surface area contributed by atoms with Gasteiger partial charge < -0.3 is 5.11 Å². The highest BCUT2D eigenvalue weighted by Gasteiger charge is 2.24. The van der Waals surface area contributed by atoms with Gasteiger partial charge in [-0.1, -0.05) is 36.4 Å². The minimum absolute atomic E-state index is 0.290. The highest BCUT2D eigenvalue weighted by Crippen LogP contribution is 2.35. The second-order valence-electron chi connectivity index (χ2n) is 4.64. The monoisotopic (exact) mass is 253 g/mol. The number of carbonyl (C=O) groups excluding carboxylic acids is 1. The lowest BCUT2D eigenvalue weighted by molar-refractivity contribution is -0.120. The Labute approximate surface area is 112 Å². The molecule has 1 aliphatic rings. The maximum absolute atomic E-state index is 12.1. The van der Waals surface area contributed by atoms with Gasteiger partial charge in [-0.15, -0.1) is 0 Å². The normalized spacial score (nSPS) is 13.4. The zero-order valence-corrected chi connectivity index (χ0v) is 10.5. The maximum Gasteiger partial charge on any atom is 0.257 e. The van der Waals surface area contributed by atoms with E-state index in [2.05, 4.69) is 0 Å². The largest absolute Gasteiger partial charge is 0.387 e. The van der Waals surface area contributed by atoms with E-state index in [1.54, 1.807) is 4.90 Å². The molecule has 0 spiro atoms. The van der Waals surface area contributed by atoms with Gasteiger partial charge in [0.05, 0.1) is 11.4 Å². The molecule has 3 nitrogen and oxygen atoms in total. The van der Waals surface area contributed by atoms with Gasteiger partial charge >= 0.3 is 0 Å². The average molecular weight is 253 g/mol. The Morgan fingerprint density at radius 1 is 0.947 bits per heavy atom. The summed E-state index contributed by atoms with van der Waals surface area (Å²) in [4.78, 5) is 13.8. The molecule has 96 valence electrons. The molecule has 0 aliphatic carbocycles. The van der Waals surface area contributed by atoms with E-state index in [1.807, 2.05) is 48.5 Å². The standard InChI is InChI=1S/C16H15NO2/c18-11-16(19)17-14-7-3-1-5-12(14)9-10-13-6-2-4-8-15(13)17/h1-8,18H,9-11H2. The lowest BCUT2D eigenvalue weighted by atomic mass is 10.0. The molecule has 3 heteroatoms. The van der Waals surface area contributed by atoms with E-state index < -0.39 is 6.61 Å². The van der Waals surface area contributed by atoms with Crippen molar-refractivity contribution in [2.24, 2.45) is 0 Å². The molecule has 1 heterocycles. The number of para-hydroxylation sites is 2. The smallest absolute Gasteiger partial charge is 0.257 e. The summed E-state index contributed by atoms with van der Waals surface area (Å²) in [7, 11) is 0. The SMILES string of the molecule is O=C(CO)N1c2ccccc2CCc2ccccc21. The quantitative estimate of drug-likeness (QED) is 0.848. The first kappa shape index (κ1) is 11.9. The summed E-state index contributed by atoms with van der Waals surface area (Å²) in [6, 6.07) is 15.8. The van der Waals surface area contributed by atoms with Crippen LogP contribution in [0.5, 0.6) is 0 Å². The van der Waals surface area contributed by atoms with Crippen molar-refractivity contribution in [3.63, 3.8) is 0 Å². The Hall–Kier alpha value is -2.13. The van der Waals surface area contributed by atoms with Crippen molar-refractivity contribution < 1.29 is 9.90 Å². The molecule has 0 radical (unpaired) electrons. The topological polar surface area (TPSA) is 40.5 Å². The van der Waals surface area contributed by atoms with E-state index in [0.29, 0.717) is 0 Å². The summed E-state index contributed by atoms with van der Waals surface area (Å²) in [5, 5.41) is 9.24. The van der Waals surface area contributed by atoms with Crippen LogP contribution in [0.15, 0.2) is 48.5 Å². The Balaban J connectivity index is 2.22. The van der Waals surface area contributed by atoms with Gasteiger partial charge in [0, 0.05) is 0 Å². The van der Waals surface area contributed by atoms with Crippen molar-refractivity contribution in [3.05, 3.63) is 59.7 Å². The fourth-order valence-corrected chi connectivity index (χ4v) is 2.62. The second-order valence-corrected chi connectivity index (χ2v) is 4.64. The van der Waals surface area contributed by atoms with Gasteiger partial charge in [0.2, 0.25) is 0 Å². The number of hydrogen-bond donors (Lipinski definition) is 1. The number of fused-ring (bicyclic) bond motifs is 2. The third kappa shape index (κ3) is 2.02. The van der Waals surface area contributed by atoms with E-state index in [4.69, 9.17) is 0 Å². The molecule has 1 N–H and O–H groups in total. The molecule has 0 aromatic heterocycles. The molecule has 1 amide bonds. The van der Waals surface area contributed by atoms with E-state index in [0.717, 1.165) is 35.3 Å². The lowest BCUT2D eigenvalue weighted by Gasteiger charge is -2.24. The molecule has 0 saturated carbocycles. The molecule has 19 heavy (non-hydrogen) atoms. The summed E-state index contributed by atoms with van der Waals surface area (Å²) >= 11 is 0. The molecule has 2 aromatic carbocycles. The van der Waals surface area contributed by atoms with Crippen LogP contribution in [0.1, 0.15) is 11.1 Å². The Bertz CT molecular complexity index is 574. The average Bonchev–Trinajstić information content (AvgIpc) is 2.63. The fourth-order valence-electron chi connectivity index (χ4n) is 2.62. The number of rotatable bonds is 1. The third-order valence-electron chi connectivity index (χ3n) is 3.51. The van der Waals surface area contributed by atoms with Crippen LogP contribution < -0.4 is 4.90 Å². The van der Waals surface area contributed by atoms with Gasteiger partial charge in [-0.2, -0.15) is 0 Å². The molecule has 0 saturated heterocycles.